The number of benzene rings is 1. The van der Waals surface area contributed by atoms with Gasteiger partial charge in [-0.1, -0.05) is 25.5 Å². The van der Waals surface area contributed by atoms with E-state index >= 15 is 0 Å². The highest BCUT2D eigenvalue weighted by molar-refractivity contribution is 5.87. The van der Waals surface area contributed by atoms with Crippen LogP contribution in [0.3, 0.4) is 0 Å². The van der Waals surface area contributed by atoms with Crippen LogP contribution in [-0.4, -0.2) is 6.09 Å². The van der Waals surface area contributed by atoms with Crippen LogP contribution in [0.5, 0.6) is 0 Å². The average Bonchev–Trinajstić information content (AvgIpc) is 2.19. The molecule has 1 heterocycles. The summed E-state index contributed by atoms with van der Waals surface area (Å²) in [4.78, 5) is 10.9. The van der Waals surface area contributed by atoms with Crippen molar-refractivity contribution in [3.8, 4) is 0 Å². The molecule has 1 aliphatic rings. The predicted octanol–water partition coefficient (Wildman–Crippen LogP) is 2.70. The van der Waals surface area contributed by atoms with Gasteiger partial charge < -0.3 is 4.74 Å². The molecule has 14 heavy (non-hydrogen) atoms. The van der Waals surface area contributed by atoms with Crippen molar-refractivity contribution >= 4 is 11.8 Å². The second-order valence-corrected chi connectivity index (χ2v) is 3.44. The fraction of sp³-hybridized carbons (Fsp3) is 0.364. The fourth-order valence-corrected chi connectivity index (χ4v) is 1.62. The number of anilines is 1. The van der Waals surface area contributed by atoms with Crippen molar-refractivity contribution in [2.24, 2.45) is 0 Å². The van der Waals surface area contributed by atoms with Gasteiger partial charge in [0.1, 0.15) is 6.61 Å². The largest absolute Gasteiger partial charge is 0.444 e. The molecule has 0 spiro atoms. The van der Waals surface area contributed by atoms with E-state index in [2.05, 4.69) is 18.3 Å². The lowest BCUT2D eigenvalue weighted by atomic mass is 10.0. The molecule has 1 aliphatic heterocycles. The van der Waals surface area contributed by atoms with E-state index in [1.807, 2.05) is 12.1 Å². The monoisotopic (exact) mass is 191 g/mol. The van der Waals surface area contributed by atoms with Crippen LogP contribution >= 0.6 is 0 Å². The molecule has 3 nitrogen and oxygen atoms in total. The van der Waals surface area contributed by atoms with Crippen molar-refractivity contribution in [1.82, 2.24) is 0 Å². The number of amides is 1. The number of rotatable bonds is 2. The number of ether oxygens (including phenoxy) is 1. The molecular weight excluding hydrogens is 178 g/mol. The van der Waals surface area contributed by atoms with Crippen molar-refractivity contribution in [2.45, 2.75) is 26.4 Å². The maximum absolute atomic E-state index is 10.9. The molecule has 3 heteroatoms. The van der Waals surface area contributed by atoms with Gasteiger partial charge in [0.2, 0.25) is 0 Å². The molecule has 74 valence electrons. The second-order valence-electron chi connectivity index (χ2n) is 3.44. The Hall–Kier alpha value is -1.51. The zero-order valence-corrected chi connectivity index (χ0v) is 8.17. The lowest BCUT2D eigenvalue weighted by molar-refractivity contribution is 0.151. The number of nitrogens with one attached hydrogen (secondary N) is 1. The lowest BCUT2D eigenvalue weighted by Crippen LogP contribution is -2.20. The van der Waals surface area contributed by atoms with Crippen LogP contribution in [-0.2, 0) is 17.8 Å². The third-order valence-corrected chi connectivity index (χ3v) is 2.30. The van der Waals surface area contributed by atoms with Crippen LogP contribution in [0, 0.1) is 0 Å². The van der Waals surface area contributed by atoms with Crippen LogP contribution in [0.4, 0.5) is 10.5 Å². The SMILES string of the molecule is CCCc1ccc2c(c1)COC(=O)N2. The smallest absolute Gasteiger partial charge is 0.411 e. The number of aryl methyl sites for hydroxylation is 1. The normalized spacial score (nSPS) is 14.2. The van der Waals surface area contributed by atoms with Gasteiger partial charge in [0.25, 0.3) is 0 Å². The summed E-state index contributed by atoms with van der Waals surface area (Å²) < 4.78 is 4.89. The van der Waals surface area contributed by atoms with Crippen LogP contribution in [0.1, 0.15) is 24.5 Å². The standard InChI is InChI=1S/C11H13NO2/c1-2-3-8-4-5-10-9(6-8)7-14-11(13)12-10/h4-6H,2-3,7H2,1H3,(H,12,13). The van der Waals surface area contributed by atoms with Crippen molar-refractivity contribution in [3.63, 3.8) is 0 Å². The molecule has 0 saturated heterocycles. The molecule has 0 atom stereocenters. The number of hydrogen-bond donors (Lipinski definition) is 1. The third kappa shape index (κ3) is 1.71. The highest BCUT2D eigenvalue weighted by Crippen LogP contribution is 2.23. The fourth-order valence-electron chi connectivity index (χ4n) is 1.62. The molecular formula is C11H13NO2. The van der Waals surface area contributed by atoms with Gasteiger partial charge in [0.15, 0.2) is 0 Å². The summed E-state index contributed by atoms with van der Waals surface area (Å²) in [7, 11) is 0. The van der Waals surface area contributed by atoms with Gasteiger partial charge in [0.05, 0.1) is 5.69 Å². The molecule has 0 aliphatic carbocycles. The Balaban J connectivity index is 2.26. The summed E-state index contributed by atoms with van der Waals surface area (Å²) in [6.07, 6.45) is 1.84. The van der Waals surface area contributed by atoms with Crippen molar-refractivity contribution in [3.05, 3.63) is 29.3 Å². The van der Waals surface area contributed by atoms with Crippen LogP contribution < -0.4 is 5.32 Å². The molecule has 1 aromatic carbocycles. The molecule has 0 bridgehead atoms. The summed E-state index contributed by atoms with van der Waals surface area (Å²) in [6.45, 7) is 2.54. The van der Waals surface area contributed by atoms with Crippen molar-refractivity contribution < 1.29 is 9.53 Å². The van der Waals surface area contributed by atoms with Gasteiger partial charge >= 0.3 is 6.09 Å². The molecule has 1 N–H and O–H groups in total. The molecule has 2 rings (SSSR count). The minimum atomic E-state index is -0.360. The number of carbonyl (C=O) groups excluding carboxylic acids is 1. The molecule has 1 aromatic rings. The molecule has 1 amide bonds. The van der Waals surface area contributed by atoms with E-state index in [-0.39, 0.29) is 6.09 Å². The summed E-state index contributed by atoms with van der Waals surface area (Å²) in [5, 5.41) is 2.67. The maximum Gasteiger partial charge on any atom is 0.411 e. The number of hydrogen-bond acceptors (Lipinski definition) is 2. The Labute approximate surface area is 83.1 Å². The van der Waals surface area contributed by atoms with Crippen molar-refractivity contribution in [2.75, 3.05) is 5.32 Å². The van der Waals surface area contributed by atoms with E-state index in [9.17, 15) is 4.79 Å². The predicted molar refractivity (Wildman–Crippen MR) is 54.2 cm³/mol. The number of cyclic esters (lactones) is 1. The third-order valence-electron chi connectivity index (χ3n) is 2.30. The quantitative estimate of drug-likeness (QED) is 0.780. The van der Waals surface area contributed by atoms with Crippen LogP contribution in [0.25, 0.3) is 0 Å². The molecule has 0 fully saturated rings. The summed E-state index contributed by atoms with van der Waals surface area (Å²) >= 11 is 0. The Morgan fingerprint density at radius 2 is 2.36 bits per heavy atom. The van der Waals surface area contributed by atoms with E-state index in [1.54, 1.807) is 0 Å². The zero-order chi connectivity index (χ0) is 9.97. The molecule has 0 saturated carbocycles. The Morgan fingerprint density at radius 3 is 3.14 bits per heavy atom. The van der Waals surface area contributed by atoms with Gasteiger partial charge in [-0.15, -0.1) is 0 Å². The van der Waals surface area contributed by atoms with Gasteiger partial charge in [-0.25, -0.2) is 4.79 Å². The van der Waals surface area contributed by atoms with E-state index < -0.39 is 0 Å². The summed E-state index contributed by atoms with van der Waals surface area (Å²) in [6, 6.07) is 6.09. The molecule has 0 radical (unpaired) electrons. The van der Waals surface area contributed by atoms with E-state index in [1.165, 1.54) is 5.56 Å². The Bertz CT molecular complexity index is 360. The van der Waals surface area contributed by atoms with Gasteiger partial charge in [-0.05, 0) is 18.1 Å². The maximum atomic E-state index is 10.9. The first kappa shape index (κ1) is 9.06. The highest BCUT2D eigenvalue weighted by atomic mass is 16.5. The Morgan fingerprint density at radius 1 is 1.50 bits per heavy atom. The first-order chi connectivity index (χ1) is 6.79. The average molecular weight is 191 g/mol. The van der Waals surface area contributed by atoms with Gasteiger partial charge in [-0.3, -0.25) is 5.32 Å². The minimum absolute atomic E-state index is 0.360. The topological polar surface area (TPSA) is 38.3 Å². The van der Waals surface area contributed by atoms with Gasteiger partial charge in [-0.2, -0.15) is 0 Å². The summed E-state index contributed by atoms with van der Waals surface area (Å²) in [5.74, 6) is 0. The van der Waals surface area contributed by atoms with Crippen molar-refractivity contribution in [1.29, 1.82) is 0 Å². The van der Waals surface area contributed by atoms with E-state index in [4.69, 9.17) is 4.74 Å². The minimum Gasteiger partial charge on any atom is -0.444 e. The van der Waals surface area contributed by atoms with Gasteiger partial charge in [0, 0.05) is 5.56 Å². The lowest BCUT2D eigenvalue weighted by Gasteiger charge is -2.17. The summed E-state index contributed by atoms with van der Waals surface area (Å²) in [5.41, 5.74) is 3.24. The van der Waals surface area contributed by atoms with E-state index in [0.29, 0.717) is 6.61 Å². The van der Waals surface area contributed by atoms with E-state index in [0.717, 1.165) is 24.1 Å². The number of carbonyl (C=O) groups is 1. The first-order valence-electron chi connectivity index (χ1n) is 4.85. The Kier molecular flexibility index (Phi) is 2.39. The molecule has 0 aromatic heterocycles. The van der Waals surface area contributed by atoms with Crippen LogP contribution in [0.2, 0.25) is 0 Å². The second kappa shape index (κ2) is 3.70. The number of fused-ring (bicyclic) bond motifs is 1. The first-order valence-corrected chi connectivity index (χ1v) is 4.85. The molecule has 0 unspecified atom stereocenters. The highest BCUT2D eigenvalue weighted by Gasteiger charge is 2.14. The zero-order valence-electron chi connectivity index (χ0n) is 8.17. The van der Waals surface area contributed by atoms with Crippen LogP contribution in [0.15, 0.2) is 18.2 Å².